The van der Waals surface area contributed by atoms with Crippen LogP contribution in [0.15, 0.2) is 217 Å². The fourth-order valence-electron chi connectivity index (χ4n) is 9.93. The number of thiophene rings is 1. The molecule has 0 atom stereocenters. The Hall–Kier alpha value is -7.99. The molecule has 1 aliphatic carbocycles. The fourth-order valence-corrected chi connectivity index (χ4v) is 11.1. The molecule has 0 aliphatic heterocycles. The van der Waals surface area contributed by atoms with E-state index in [4.69, 9.17) is 19.4 Å². The Bertz CT molecular complexity index is 3640. The largest absolute Gasteiger partial charge is 0.456 e. The van der Waals surface area contributed by atoms with Gasteiger partial charge in [-0.15, -0.1) is 11.3 Å². The van der Waals surface area contributed by atoms with E-state index in [2.05, 4.69) is 140 Å². The predicted octanol–water partition coefficient (Wildman–Crippen LogP) is 15.2. The van der Waals surface area contributed by atoms with Gasteiger partial charge in [-0.1, -0.05) is 170 Å². The van der Waals surface area contributed by atoms with Crippen LogP contribution in [0.2, 0.25) is 0 Å². The molecule has 0 saturated carbocycles. The molecule has 5 heteroatoms. The number of hydrogen-bond donors (Lipinski definition) is 0. The van der Waals surface area contributed by atoms with Crippen molar-refractivity contribution in [1.29, 1.82) is 0 Å². The molecule has 12 aromatic rings. The molecule has 0 bridgehead atoms. The summed E-state index contributed by atoms with van der Waals surface area (Å²) in [6, 6.07) is 76.0. The number of furan rings is 1. The van der Waals surface area contributed by atoms with Gasteiger partial charge in [-0.2, -0.15) is 0 Å². The monoisotopic (exact) mass is 821 g/mol. The summed E-state index contributed by atoms with van der Waals surface area (Å²) in [7, 11) is 0. The van der Waals surface area contributed by atoms with Crippen molar-refractivity contribution in [3.8, 4) is 56.4 Å². The summed E-state index contributed by atoms with van der Waals surface area (Å²) in [5, 5.41) is 4.67. The Morgan fingerprint density at radius 2 is 0.825 bits per heavy atom. The van der Waals surface area contributed by atoms with E-state index in [0.717, 1.165) is 49.8 Å². The quantitative estimate of drug-likeness (QED) is 0.168. The van der Waals surface area contributed by atoms with Gasteiger partial charge in [-0.05, 0) is 87.0 Å². The Labute approximate surface area is 367 Å². The summed E-state index contributed by atoms with van der Waals surface area (Å²) in [4.78, 5) is 14.9. The molecule has 294 valence electrons. The van der Waals surface area contributed by atoms with Crippen molar-refractivity contribution in [2.24, 2.45) is 0 Å². The van der Waals surface area contributed by atoms with Gasteiger partial charge in [0.05, 0.1) is 5.41 Å². The van der Waals surface area contributed by atoms with Crippen LogP contribution in [0, 0.1) is 0 Å². The smallest absolute Gasteiger partial charge is 0.164 e. The number of fused-ring (bicyclic) bond motifs is 9. The minimum atomic E-state index is -0.493. The van der Waals surface area contributed by atoms with Gasteiger partial charge < -0.3 is 4.42 Å². The van der Waals surface area contributed by atoms with E-state index in [0.29, 0.717) is 17.5 Å². The van der Waals surface area contributed by atoms with Crippen molar-refractivity contribution in [2.75, 3.05) is 0 Å². The van der Waals surface area contributed by atoms with E-state index in [-0.39, 0.29) is 0 Å². The van der Waals surface area contributed by atoms with Crippen molar-refractivity contribution in [3.63, 3.8) is 0 Å². The van der Waals surface area contributed by atoms with Gasteiger partial charge >= 0.3 is 0 Å². The van der Waals surface area contributed by atoms with E-state index >= 15 is 0 Å². The van der Waals surface area contributed by atoms with Crippen molar-refractivity contribution in [3.05, 3.63) is 235 Å². The van der Waals surface area contributed by atoms with Gasteiger partial charge in [0.1, 0.15) is 11.2 Å². The van der Waals surface area contributed by atoms with Crippen LogP contribution in [-0.4, -0.2) is 15.0 Å². The lowest BCUT2D eigenvalue weighted by atomic mass is 9.67. The topological polar surface area (TPSA) is 51.8 Å². The lowest BCUT2D eigenvalue weighted by Crippen LogP contribution is -2.28. The Morgan fingerprint density at radius 3 is 1.48 bits per heavy atom. The zero-order chi connectivity index (χ0) is 41.5. The SMILES string of the molecule is c1ccc(-c2nc(-c3ccccc3)nc(-c3ccc4oc5ccc(-c6ccc(C7(c8ccc9c(c8)sc8ccccc89)c8ccccc8-c8ccccc87)cc6)cc5c4c3)n2)cc1. The highest BCUT2D eigenvalue weighted by Crippen LogP contribution is 2.57. The van der Waals surface area contributed by atoms with E-state index in [9.17, 15) is 0 Å². The normalized spacial score (nSPS) is 12.9. The summed E-state index contributed by atoms with van der Waals surface area (Å²) in [5.74, 6) is 1.88. The molecule has 0 N–H and O–H groups in total. The van der Waals surface area contributed by atoms with Gasteiger partial charge in [0.15, 0.2) is 17.5 Å². The van der Waals surface area contributed by atoms with E-state index < -0.39 is 5.41 Å². The number of aromatic nitrogens is 3. The average Bonchev–Trinajstić information content (AvgIpc) is 4.02. The van der Waals surface area contributed by atoms with Crippen LogP contribution in [0.5, 0.6) is 0 Å². The van der Waals surface area contributed by atoms with Crippen LogP contribution >= 0.6 is 11.3 Å². The molecule has 0 saturated heterocycles. The number of benzene rings is 9. The molecule has 0 amide bonds. The maximum absolute atomic E-state index is 6.43. The Balaban J connectivity index is 0.933. The molecule has 0 spiro atoms. The first-order chi connectivity index (χ1) is 31.2. The second kappa shape index (κ2) is 14.0. The van der Waals surface area contributed by atoms with Crippen LogP contribution in [0.25, 0.3) is 98.5 Å². The minimum absolute atomic E-state index is 0.493. The first kappa shape index (κ1) is 35.7. The summed E-state index contributed by atoms with van der Waals surface area (Å²) in [6.07, 6.45) is 0. The van der Waals surface area contributed by atoms with Gasteiger partial charge in [-0.3, -0.25) is 0 Å². The molecule has 63 heavy (non-hydrogen) atoms. The lowest BCUT2D eigenvalue weighted by Gasteiger charge is -2.34. The van der Waals surface area contributed by atoms with E-state index in [1.165, 1.54) is 53.6 Å². The van der Waals surface area contributed by atoms with Crippen LogP contribution in [0.1, 0.15) is 22.3 Å². The summed E-state index contributed by atoms with van der Waals surface area (Å²) in [5.41, 5.74) is 13.9. The van der Waals surface area contributed by atoms with Crippen LogP contribution < -0.4 is 0 Å². The first-order valence-electron chi connectivity index (χ1n) is 21.2. The molecule has 0 fully saturated rings. The molecule has 3 aromatic heterocycles. The fraction of sp³-hybridized carbons (Fsp3) is 0.0172. The van der Waals surface area contributed by atoms with Gasteiger partial charge in [0.25, 0.3) is 0 Å². The molecule has 1 aliphatic rings. The summed E-state index contributed by atoms with van der Waals surface area (Å²) < 4.78 is 9.05. The third-order valence-corrected chi connectivity index (χ3v) is 14.0. The van der Waals surface area contributed by atoms with Gasteiger partial charge in [0.2, 0.25) is 0 Å². The highest BCUT2D eigenvalue weighted by molar-refractivity contribution is 7.25. The van der Waals surface area contributed by atoms with Crippen LogP contribution in [0.3, 0.4) is 0 Å². The number of nitrogens with zero attached hydrogens (tertiary/aromatic N) is 3. The molecule has 0 unspecified atom stereocenters. The van der Waals surface area contributed by atoms with Crippen LogP contribution in [-0.2, 0) is 5.41 Å². The third kappa shape index (κ3) is 5.57. The molecule has 9 aromatic carbocycles. The average molecular weight is 822 g/mol. The highest BCUT2D eigenvalue weighted by Gasteiger charge is 2.46. The Kier molecular flexibility index (Phi) is 7.96. The summed E-state index contributed by atoms with van der Waals surface area (Å²) in [6.45, 7) is 0. The number of rotatable bonds is 6. The maximum atomic E-state index is 6.43. The zero-order valence-electron chi connectivity index (χ0n) is 33.9. The van der Waals surface area contributed by atoms with Gasteiger partial charge in [-0.25, -0.2) is 15.0 Å². The van der Waals surface area contributed by atoms with Crippen molar-refractivity contribution in [1.82, 2.24) is 15.0 Å². The lowest BCUT2D eigenvalue weighted by molar-refractivity contribution is 0.669. The first-order valence-corrected chi connectivity index (χ1v) is 22.1. The van der Waals surface area contributed by atoms with Crippen LogP contribution in [0.4, 0.5) is 0 Å². The van der Waals surface area contributed by atoms with Crippen molar-refractivity contribution in [2.45, 2.75) is 5.41 Å². The van der Waals surface area contributed by atoms with Crippen molar-refractivity contribution < 1.29 is 4.42 Å². The molecule has 4 nitrogen and oxygen atoms in total. The van der Waals surface area contributed by atoms with Crippen molar-refractivity contribution >= 4 is 53.4 Å². The Morgan fingerprint density at radius 1 is 0.333 bits per heavy atom. The van der Waals surface area contributed by atoms with Gasteiger partial charge in [0, 0.05) is 47.6 Å². The second-order valence-electron chi connectivity index (χ2n) is 16.3. The van der Waals surface area contributed by atoms with E-state index in [1.54, 1.807) is 0 Å². The predicted molar refractivity (Wildman–Crippen MR) is 259 cm³/mol. The molecular formula is C58H35N3OS. The standard InChI is InChI=1S/C58H35N3OS/c1-3-13-37(14-4-1)55-59-56(38-15-5-2-6-16-38)61-57(60-55)40-26-32-52-48(34-40)47-33-39(25-31-51(47)62-52)36-23-27-41(28-24-36)58(49-20-10-7-17-43(49)44-18-8-11-21-50(44)58)42-29-30-46-45-19-9-12-22-53(45)63-54(46)35-42/h1-35H. The molecule has 3 heterocycles. The minimum Gasteiger partial charge on any atom is -0.456 e. The third-order valence-electron chi connectivity index (χ3n) is 12.8. The molecule has 13 rings (SSSR count). The zero-order valence-corrected chi connectivity index (χ0v) is 34.7. The highest BCUT2D eigenvalue weighted by atomic mass is 32.1. The molecular weight excluding hydrogens is 787 g/mol. The maximum Gasteiger partial charge on any atom is 0.164 e. The number of hydrogen-bond acceptors (Lipinski definition) is 5. The summed E-state index contributed by atoms with van der Waals surface area (Å²) >= 11 is 1.87. The molecule has 0 radical (unpaired) electrons. The van der Waals surface area contributed by atoms with E-state index in [1.807, 2.05) is 84.1 Å². The second-order valence-corrected chi connectivity index (χ2v) is 17.4.